The number of nitrogens with zero attached hydrogens (tertiary/aromatic N) is 3. The minimum Gasteiger partial charge on any atom is -0.328 e. The molecule has 4 heteroatoms. The number of aromatic nitrogens is 1. The zero-order valence-electron chi connectivity index (χ0n) is 12.0. The monoisotopic (exact) mass is 262 g/mol. The van der Waals surface area contributed by atoms with Crippen LogP contribution in [-0.2, 0) is 6.54 Å². The van der Waals surface area contributed by atoms with Gasteiger partial charge in [0.1, 0.15) is 0 Å². The topological polar surface area (TPSA) is 45.4 Å². The molecule has 0 saturated carbocycles. The third-order valence-corrected chi connectivity index (χ3v) is 3.92. The van der Waals surface area contributed by atoms with E-state index in [0.29, 0.717) is 6.04 Å². The third kappa shape index (κ3) is 4.90. The van der Waals surface area contributed by atoms with E-state index in [1.807, 2.05) is 12.3 Å². The maximum absolute atomic E-state index is 5.94. The molecule has 2 N–H and O–H groups in total. The van der Waals surface area contributed by atoms with E-state index in [1.54, 1.807) is 0 Å². The van der Waals surface area contributed by atoms with Gasteiger partial charge in [-0.1, -0.05) is 13.0 Å². The number of likely N-dealkylation sites (tertiary alicyclic amines) is 1. The Balaban J connectivity index is 1.73. The molecule has 1 saturated heterocycles. The molecule has 1 aromatic rings. The van der Waals surface area contributed by atoms with E-state index in [1.165, 1.54) is 0 Å². The molecule has 106 valence electrons. The van der Waals surface area contributed by atoms with Gasteiger partial charge in [0, 0.05) is 31.9 Å². The lowest BCUT2D eigenvalue weighted by Gasteiger charge is -2.32. The highest BCUT2D eigenvalue weighted by Crippen LogP contribution is 2.08. The SMILES string of the molecule is CCN(CCN1CCC(N)CC1)Cc1ccccn1. The molecule has 1 aliphatic rings. The molecule has 0 bridgehead atoms. The average molecular weight is 262 g/mol. The average Bonchev–Trinajstić information content (AvgIpc) is 2.46. The molecular formula is C15H26N4. The Morgan fingerprint density at radius 3 is 2.79 bits per heavy atom. The molecule has 0 spiro atoms. The summed E-state index contributed by atoms with van der Waals surface area (Å²) in [5.41, 5.74) is 7.09. The van der Waals surface area contributed by atoms with Crippen LogP contribution in [0.4, 0.5) is 0 Å². The van der Waals surface area contributed by atoms with Gasteiger partial charge >= 0.3 is 0 Å². The van der Waals surface area contributed by atoms with Crippen molar-refractivity contribution < 1.29 is 0 Å². The molecule has 19 heavy (non-hydrogen) atoms. The summed E-state index contributed by atoms with van der Waals surface area (Å²) in [6, 6.07) is 6.55. The maximum Gasteiger partial charge on any atom is 0.0543 e. The van der Waals surface area contributed by atoms with Crippen molar-refractivity contribution in [1.82, 2.24) is 14.8 Å². The van der Waals surface area contributed by atoms with Crippen LogP contribution in [0.1, 0.15) is 25.5 Å². The lowest BCUT2D eigenvalue weighted by Crippen LogP contribution is -2.43. The molecule has 1 fully saturated rings. The van der Waals surface area contributed by atoms with Gasteiger partial charge in [0.25, 0.3) is 0 Å². The molecule has 0 aromatic carbocycles. The van der Waals surface area contributed by atoms with E-state index in [4.69, 9.17) is 5.73 Å². The van der Waals surface area contributed by atoms with Gasteiger partial charge in [0.15, 0.2) is 0 Å². The lowest BCUT2D eigenvalue weighted by atomic mass is 10.1. The molecule has 2 heterocycles. The van der Waals surface area contributed by atoms with Crippen molar-refractivity contribution in [1.29, 1.82) is 0 Å². The Hall–Kier alpha value is -0.970. The van der Waals surface area contributed by atoms with Crippen LogP contribution in [0.2, 0.25) is 0 Å². The first-order valence-electron chi connectivity index (χ1n) is 7.38. The van der Waals surface area contributed by atoms with E-state index in [0.717, 1.165) is 57.8 Å². The Bertz CT molecular complexity index is 346. The minimum absolute atomic E-state index is 0.423. The van der Waals surface area contributed by atoms with Crippen molar-refractivity contribution in [3.8, 4) is 0 Å². The molecule has 4 nitrogen and oxygen atoms in total. The molecule has 1 aliphatic heterocycles. The van der Waals surface area contributed by atoms with Gasteiger partial charge in [-0.2, -0.15) is 0 Å². The standard InChI is InChI=1S/C15H26N4/c1-2-18(13-15-5-3-4-8-17-15)11-12-19-9-6-14(16)7-10-19/h3-5,8,14H,2,6-7,9-13,16H2,1H3. The van der Waals surface area contributed by atoms with Crippen molar-refractivity contribution in [3.05, 3.63) is 30.1 Å². The second-order valence-electron chi connectivity index (χ2n) is 5.37. The quantitative estimate of drug-likeness (QED) is 0.840. The molecule has 0 radical (unpaired) electrons. The predicted octanol–water partition coefficient (Wildman–Crippen LogP) is 1.33. The normalized spacial score (nSPS) is 18.1. The molecule has 0 amide bonds. The number of hydrogen-bond acceptors (Lipinski definition) is 4. The highest BCUT2D eigenvalue weighted by atomic mass is 15.2. The largest absolute Gasteiger partial charge is 0.328 e. The third-order valence-electron chi connectivity index (χ3n) is 3.92. The van der Waals surface area contributed by atoms with Crippen LogP contribution in [0.25, 0.3) is 0 Å². The molecule has 1 aromatic heterocycles. The van der Waals surface area contributed by atoms with Gasteiger partial charge in [-0.05, 0) is 44.6 Å². The summed E-state index contributed by atoms with van der Waals surface area (Å²) in [4.78, 5) is 9.39. The van der Waals surface area contributed by atoms with Gasteiger partial charge in [-0.15, -0.1) is 0 Å². The highest BCUT2D eigenvalue weighted by Gasteiger charge is 2.16. The van der Waals surface area contributed by atoms with Crippen molar-refractivity contribution in [2.24, 2.45) is 5.73 Å². The highest BCUT2D eigenvalue weighted by molar-refractivity contribution is 5.03. The fraction of sp³-hybridized carbons (Fsp3) is 0.667. The van der Waals surface area contributed by atoms with Crippen LogP contribution >= 0.6 is 0 Å². The molecule has 0 aliphatic carbocycles. The first-order valence-corrected chi connectivity index (χ1v) is 7.38. The zero-order chi connectivity index (χ0) is 13.5. The van der Waals surface area contributed by atoms with E-state index in [9.17, 15) is 0 Å². The number of rotatable bonds is 6. The Morgan fingerprint density at radius 2 is 2.16 bits per heavy atom. The van der Waals surface area contributed by atoms with E-state index in [2.05, 4.69) is 33.8 Å². The zero-order valence-corrected chi connectivity index (χ0v) is 12.0. The van der Waals surface area contributed by atoms with Crippen LogP contribution < -0.4 is 5.73 Å². The molecule has 2 rings (SSSR count). The fourth-order valence-electron chi connectivity index (χ4n) is 2.53. The van der Waals surface area contributed by atoms with Crippen LogP contribution in [0.15, 0.2) is 24.4 Å². The summed E-state index contributed by atoms with van der Waals surface area (Å²) in [5.74, 6) is 0. The van der Waals surface area contributed by atoms with Crippen LogP contribution in [-0.4, -0.2) is 53.5 Å². The first kappa shape index (κ1) is 14.4. The maximum atomic E-state index is 5.94. The molecule has 0 unspecified atom stereocenters. The van der Waals surface area contributed by atoms with Crippen molar-refractivity contribution in [3.63, 3.8) is 0 Å². The summed E-state index contributed by atoms with van der Waals surface area (Å²) in [6.45, 7) is 8.81. The number of pyridine rings is 1. The number of piperidine rings is 1. The van der Waals surface area contributed by atoms with E-state index < -0.39 is 0 Å². The van der Waals surface area contributed by atoms with Gasteiger partial charge < -0.3 is 10.6 Å². The van der Waals surface area contributed by atoms with Crippen molar-refractivity contribution in [2.45, 2.75) is 32.4 Å². The summed E-state index contributed by atoms with van der Waals surface area (Å²) >= 11 is 0. The first-order chi connectivity index (χ1) is 9.28. The van der Waals surface area contributed by atoms with Crippen molar-refractivity contribution >= 4 is 0 Å². The fourth-order valence-corrected chi connectivity index (χ4v) is 2.53. The second-order valence-corrected chi connectivity index (χ2v) is 5.37. The van der Waals surface area contributed by atoms with Gasteiger partial charge in [0.05, 0.1) is 5.69 Å². The van der Waals surface area contributed by atoms with Crippen LogP contribution in [0, 0.1) is 0 Å². The number of hydrogen-bond donors (Lipinski definition) is 1. The predicted molar refractivity (Wildman–Crippen MR) is 78.8 cm³/mol. The Kier molecular flexibility index (Phi) is 5.76. The smallest absolute Gasteiger partial charge is 0.0543 e. The van der Waals surface area contributed by atoms with E-state index >= 15 is 0 Å². The minimum atomic E-state index is 0.423. The van der Waals surface area contributed by atoms with Crippen LogP contribution in [0.3, 0.4) is 0 Å². The number of nitrogens with two attached hydrogens (primary N) is 1. The summed E-state index contributed by atoms with van der Waals surface area (Å²) < 4.78 is 0. The van der Waals surface area contributed by atoms with Gasteiger partial charge in [-0.25, -0.2) is 0 Å². The summed E-state index contributed by atoms with van der Waals surface area (Å²) in [5, 5.41) is 0. The van der Waals surface area contributed by atoms with Crippen LogP contribution in [0.5, 0.6) is 0 Å². The van der Waals surface area contributed by atoms with Gasteiger partial charge in [-0.3, -0.25) is 9.88 Å². The Morgan fingerprint density at radius 1 is 1.37 bits per heavy atom. The summed E-state index contributed by atoms with van der Waals surface area (Å²) in [7, 11) is 0. The lowest BCUT2D eigenvalue weighted by molar-refractivity contribution is 0.172. The Labute approximate surface area is 116 Å². The second kappa shape index (κ2) is 7.58. The number of likely N-dealkylation sites (N-methyl/N-ethyl adjacent to an activating group) is 1. The molecular weight excluding hydrogens is 236 g/mol. The van der Waals surface area contributed by atoms with Gasteiger partial charge in [0.2, 0.25) is 0 Å². The van der Waals surface area contributed by atoms with E-state index in [-0.39, 0.29) is 0 Å². The summed E-state index contributed by atoms with van der Waals surface area (Å²) in [6.07, 6.45) is 4.16. The molecule has 0 atom stereocenters. The van der Waals surface area contributed by atoms with Crippen molar-refractivity contribution in [2.75, 3.05) is 32.7 Å².